The monoisotopic (exact) mass is 409 g/mol. The number of amides is 1. The number of carbonyl (C=O) groups excluding carboxylic acids is 1. The Bertz CT molecular complexity index is 1020. The van der Waals surface area contributed by atoms with E-state index < -0.39 is 23.8 Å². The van der Waals surface area contributed by atoms with E-state index in [1.165, 1.54) is 6.07 Å². The highest BCUT2D eigenvalue weighted by atomic mass is 19.1. The molecular formula is C24H21F2NO3. The van der Waals surface area contributed by atoms with Gasteiger partial charge in [0.05, 0.1) is 6.04 Å². The molecule has 0 aromatic heterocycles. The van der Waals surface area contributed by atoms with Crippen LogP contribution in [0, 0.1) is 11.6 Å². The molecule has 0 bridgehead atoms. The predicted octanol–water partition coefficient (Wildman–Crippen LogP) is 4.93. The number of halogens is 2. The van der Waals surface area contributed by atoms with Crippen LogP contribution in [0.3, 0.4) is 0 Å². The second-order valence-electron chi connectivity index (χ2n) is 7.20. The lowest BCUT2D eigenvalue weighted by atomic mass is 9.98. The molecule has 3 aromatic rings. The molecule has 0 heterocycles. The molecule has 0 fully saturated rings. The first-order chi connectivity index (χ1) is 14.6. The van der Waals surface area contributed by atoms with Crippen LogP contribution in [0.4, 0.5) is 13.6 Å². The predicted molar refractivity (Wildman–Crippen MR) is 109 cm³/mol. The van der Waals surface area contributed by atoms with Crippen molar-refractivity contribution in [3.8, 4) is 11.1 Å². The number of carbonyl (C=O) groups is 1. The van der Waals surface area contributed by atoms with Crippen LogP contribution < -0.4 is 5.32 Å². The molecule has 1 aliphatic rings. The van der Waals surface area contributed by atoms with Gasteiger partial charge in [-0.3, -0.25) is 0 Å². The number of aliphatic hydroxyl groups excluding tert-OH is 1. The van der Waals surface area contributed by atoms with Gasteiger partial charge >= 0.3 is 6.09 Å². The van der Waals surface area contributed by atoms with Crippen molar-refractivity contribution in [2.24, 2.45) is 0 Å². The molecule has 0 spiro atoms. The Morgan fingerprint density at radius 3 is 2.23 bits per heavy atom. The molecule has 0 saturated heterocycles. The number of fused-ring (bicyclic) bond motifs is 3. The third-order valence-electron chi connectivity index (χ3n) is 5.39. The standard InChI is InChI=1S/C24H21F2NO3/c25-15-9-10-20(22(26)13-15)23(11-12-28)27-24(29)30-14-21-18-7-3-1-5-16(18)17-6-2-4-8-19(17)21/h1-10,13,21,23,28H,11-12,14H2,(H,27,29). The average molecular weight is 409 g/mol. The van der Waals surface area contributed by atoms with Gasteiger partial charge in [-0.1, -0.05) is 54.6 Å². The summed E-state index contributed by atoms with van der Waals surface area (Å²) < 4.78 is 32.8. The maximum atomic E-state index is 14.1. The minimum absolute atomic E-state index is 0.0761. The summed E-state index contributed by atoms with van der Waals surface area (Å²) >= 11 is 0. The van der Waals surface area contributed by atoms with Crippen LogP contribution in [0.5, 0.6) is 0 Å². The van der Waals surface area contributed by atoms with Crippen molar-refractivity contribution in [1.82, 2.24) is 5.32 Å². The molecule has 1 amide bonds. The molecule has 2 N–H and O–H groups in total. The number of alkyl carbamates (subject to hydrolysis) is 1. The van der Waals surface area contributed by atoms with Crippen LogP contribution in [-0.2, 0) is 4.74 Å². The Balaban J connectivity index is 1.48. The molecule has 154 valence electrons. The van der Waals surface area contributed by atoms with Crippen LogP contribution in [0.2, 0.25) is 0 Å². The normalized spacial score (nSPS) is 13.4. The molecular weight excluding hydrogens is 388 g/mol. The summed E-state index contributed by atoms with van der Waals surface area (Å²) in [7, 11) is 0. The van der Waals surface area contributed by atoms with E-state index in [1.54, 1.807) is 0 Å². The largest absolute Gasteiger partial charge is 0.449 e. The Kier molecular flexibility index (Phi) is 5.77. The minimum atomic E-state index is -0.828. The highest BCUT2D eigenvalue weighted by molar-refractivity contribution is 5.79. The van der Waals surface area contributed by atoms with E-state index in [9.17, 15) is 18.7 Å². The van der Waals surface area contributed by atoms with E-state index in [1.807, 2.05) is 48.5 Å². The zero-order valence-electron chi connectivity index (χ0n) is 16.1. The second kappa shape index (κ2) is 8.63. The number of ether oxygens (including phenoxy) is 1. The third-order valence-corrected chi connectivity index (χ3v) is 5.39. The zero-order valence-corrected chi connectivity index (χ0v) is 16.1. The molecule has 0 saturated carbocycles. The number of aliphatic hydroxyl groups is 1. The molecule has 4 rings (SSSR count). The number of nitrogens with one attached hydrogen (secondary N) is 1. The first-order valence-electron chi connectivity index (χ1n) is 9.76. The van der Waals surface area contributed by atoms with Crippen LogP contribution in [0.25, 0.3) is 11.1 Å². The van der Waals surface area contributed by atoms with Crippen LogP contribution in [-0.4, -0.2) is 24.4 Å². The number of hydrogen-bond donors (Lipinski definition) is 2. The van der Waals surface area contributed by atoms with E-state index in [4.69, 9.17) is 4.74 Å². The van der Waals surface area contributed by atoms with Gasteiger partial charge < -0.3 is 15.2 Å². The summed E-state index contributed by atoms with van der Waals surface area (Å²) in [5.41, 5.74) is 4.51. The van der Waals surface area contributed by atoms with E-state index in [-0.39, 0.29) is 31.1 Å². The van der Waals surface area contributed by atoms with Crippen molar-refractivity contribution in [1.29, 1.82) is 0 Å². The van der Waals surface area contributed by atoms with Crippen LogP contribution in [0.1, 0.15) is 35.1 Å². The SMILES string of the molecule is O=C(NC(CCO)c1ccc(F)cc1F)OCC1c2ccccc2-c2ccccc21. The van der Waals surface area contributed by atoms with Gasteiger partial charge in [0, 0.05) is 24.2 Å². The number of rotatable bonds is 6. The van der Waals surface area contributed by atoms with Crippen molar-refractivity contribution in [3.63, 3.8) is 0 Å². The van der Waals surface area contributed by atoms with Crippen molar-refractivity contribution in [3.05, 3.63) is 95.1 Å². The molecule has 1 aliphatic carbocycles. The summed E-state index contributed by atoms with van der Waals surface area (Å²) in [5, 5.41) is 11.9. The van der Waals surface area contributed by atoms with Crippen molar-refractivity contribution in [2.75, 3.05) is 13.2 Å². The van der Waals surface area contributed by atoms with Crippen molar-refractivity contribution in [2.45, 2.75) is 18.4 Å². The topological polar surface area (TPSA) is 58.6 Å². The van der Waals surface area contributed by atoms with Gasteiger partial charge in [-0.05, 0) is 34.7 Å². The van der Waals surface area contributed by atoms with Crippen LogP contribution >= 0.6 is 0 Å². The quantitative estimate of drug-likeness (QED) is 0.607. The average Bonchev–Trinajstić information content (AvgIpc) is 3.06. The fraction of sp³-hybridized carbons (Fsp3) is 0.208. The molecule has 1 atom stereocenters. The van der Waals surface area contributed by atoms with Crippen molar-refractivity contribution >= 4 is 6.09 Å². The highest BCUT2D eigenvalue weighted by Gasteiger charge is 2.29. The maximum absolute atomic E-state index is 14.1. The summed E-state index contributed by atoms with van der Waals surface area (Å²) in [6.45, 7) is -0.150. The van der Waals surface area contributed by atoms with Gasteiger partial charge in [-0.25, -0.2) is 13.6 Å². The second-order valence-corrected chi connectivity index (χ2v) is 7.20. The number of hydrogen-bond acceptors (Lipinski definition) is 3. The van der Waals surface area contributed by atoms with Crippen molar-refractivity contribution < 1.29 is 23.4 Å². The van der Waals surface area contributed by atoms with Gasteiger partial charge in [0.1, 0.15) is 18.2 Å². The lowest BCUT2D eigenvalue weighted by molar-refractivity contribution is 0.136. The zero-order chi connectivity index (χ0) is 21.1. The molecule has 0 radical (unpaired) electrons. The minimum Gasteiger partial charge on any atom is -0.449 e. The number of benzene rings is 3. The summed E-state index contributed by atoms with van der Waals surface area (Å²) in [6.07, 6.45) is -0.647. The summed E-state index contributed by atoms with van der Waals surface area (Å²) in [5.74, 6) is -1.59. The summed E-state index contributed by atoms with van der Waals surface area (Å²) in [4.78, 5) is 12.4. The van der Waals surface area contributed by atoms with Gasteiger partial charge in [-0.2, -0.15) is 0 Å². The molecule has 4 nitrogen and oxygen atoms in total. The Morgan fingerprint density at radius 1 is 1.00 bits per heavy atom. The van der Waals surface area contributed by atoms with Gasteiger partial charge in [-0.15, -0.1) is 0 Å². The van der Waals surface area contributed by atoms with E-state index in [2.05, 4.69) is 5.32 Å². The Hall–Kier alpha value is -3.25. The van der Waals surface area contributed by atoms with Gasteiger partial charge in [0.15, 0.2) is 0 Å². The summed E-state index contributed by atoms with van der Waals surface area (Å²) in [6, 6.07) is 18.3. The smallest absolute Gasteiger partial charge is 0.407 e. The Morgan fingerprint density at radius 2 is 1.63 bits per heavy atom. The van der Waals surface area contributed by atoms with E-state index in [0.717, 1.165) is 34.4 Å². The van der Waals surface area contributed by atoms with Crippen LogP contribution in [0.15, 0.2) is 66.7 Å². The molecule has 30 heavy (non-hydrogen) atoms. The first kappa shape index (κ1) is 20.0. The fourth-order valence-corrected chi connectivity index (χ4v) is 4.00. The first-order valence-corrected chi connectivity index (χ1v) is 9.76. The lowest BCUT2D eigenvalue weighted by Crippen LogP contribution is -2.31. The molecule has 0 aliphatic heterocycles. The maximum Gasteiger partial charge on any atom is 0.407 e. The van der Waals surface area contributed by atoms with E-state index in [0.29, 0.717) is 0 Å². The van der Waals surface area contributed by atoms with Gasteiger partial charge in [0.25, 0.3) is 0 Å². The van der Waals surface area contributed by atoms with E-state index >= 15 is 0 Å². The molecule has 1 unspecified atom stereocenters. The molecule has 6 heteroatoms. The fourth-order valence-electron chi connectivity index (χ4n) is 4.00. The Labute approximate surface area is 173 Å². The lowest BCUT2D eigenvalue weighted by Gasteiger charge is -2.20. The molecule has 3 aromatic carbocycles. The van der Waals surface area contributed by atoms with Gasteiger partial charge in [0.2, 0.25) is 0 Å². The third kappa shape index (κ3) is 3.91. The highest BCUT2D eigenvalue weighted by Crippen LogP contribution is 2.44.